The Morgan fingerprint density at radius 2 is 1.74 bits per heavy atom. The average molecular weight is 527 g/mol. The summed E-state index contributed by atoms with van der Waals surface area (Å²) in [6, 6.07) is 13.3. The number of aromatic nitrogens is 1. The molecular weight excluding hydrogens is 506 g/mol. The number of morpholine rings is 1. The molecule has 10 heteroatoms. The molecule has 0 aliphatic carbocycles. The summed E-state index contributed by atoms with van der Waals surface area (Å²) >= 11 is 9.30. The van der Waals surface area contributed by atoms with Crippen molar-refractivity contribution < 1.29 is 17.6 Å². The lowest BCUT2D eigenvalue weighted by Gasteiger charge is -2.26. The van der Waals surface area contributed by atoms with Gasteiger partial charge in [0.05, 0.1) is 18.1 Å². The highest BCUT2D eigenvalue weighted by atomic mass is 79.9. The summed E-state index contributed by atoms with van der Waals surface area (Å²) in [5.41, 5.74) is 0.637. The first-order chi connectivity index (χ1) is 14.9. The van der Waals surface area contributed by atoms with Crippen LogP contribution in [0.15, 0.2) is 67.3 Å². The van der Waals surface area contributed by atoms with Gasteiger partial charge in [-0.1, -0.05) is 27.5 Å². The standard InChI is InChI=1S/C21H21BrClN3O4S/c22-16-3-7-18(8-4-16)31(27,28)21-20(24-9-10-26-11-13-29-14-12-26)30-19(25-21)15-1-5-17(23)6-2-15/h1-8,24H,9-14H2. The lowest BCUT2D eigenvalue weighted by Crippen LogP contribution is -2.39. The van der Waals surface area contributed by atoms with Crippen LogP contribution in [0.3, 0.4) is 0 Å². The van der Waals surface area contributed by atoms with Gasteiger partial charge in [-0.3, -0.25) is 4.90 Å². The molecule has 0 atom stereocenters. The quantitative estimate of drug-likeness (QED) is 0.490. The Morgan fingerprint density at radius 3 is 2.42 bits per heavy atom. The highest BCUT2D eigenvalue weighted by Crippen LogP contribution is 2.33. The van der Waals surface area contributed by atoms with Gasteiger partial charge in [0.2, 0.25) is 26.6 Å². The summed E-state index contributed by atoms with van der Waals surface area (Å²) in [5, 5.41) is 3.56. The van der Waals surface area contributed by atoms with E-state index in [1.807, 2.05) is 0 Å². The van der Waals surface area contributed by atoms with E-state index in [0.29, 0.717) is 30.3 Å². The number of benzene rings is 2. The molecule has 1 aliphatic heterocycles. The molecule has 1 aliphatic rings. The first-order valence-electron chi connectivity index (χ1n) is 9.75. The van der Waals surface area contributed by atoms with E-state index in [4.69, 9.17) is 20.8 Å². The Morgan fingerprint density at radius 1 is 1.06 bits per heavy atom. The van der Waals surface area contributed by atoms with E-state index in [2.05, 4.69) is 31.1 Å². The fourth-order valence-corrected chi connectivity index (χ4v) is 4.86. The molecule has 4 rings (SSSR count). The van der Waals surface area contributed by atoms with Crippen molar-refractivity contribution in [2.75, 3.05) is 44.7 Å². The molecule has 0 radical (unpaired) electrons. The second-order valence-electron chi connectivity index (χ2n) is 7.00. The van der Waals surface area contributed by atoms with Crippen LogP contribution < -0.4 is 5.32 Å². The van der Waals surface area contributed by atoms with Crippen LogP contribution >= 0.6 is 27.5 Å². The van der Waals surface area contributed by atoms with Gasteiger partial charge in [0.25, 0.3) is 0 Å². The van der Waals surface area contributed by atoms with Crippen molar-refractivity contribution in [1.29, 1.82) is 0 Å². The van der Waals surface area contributed by atoms with Crippen LogP contribution in [0.25, 0.3) is 11.5 Å². The van der Waals surface area contributed by atoms with Gasteiger partial charge in [-0.15, -0.1) is 0 Å². The number of halogens is 2. The Labute approximate surface area is 194 Å². The van der Waals surface area contributed by atoms with Gasteiger partial charge in [-0.05, 0) is 48.5 Å². The maximum absolute atomic E-state index is 13.3. The number of oxazole rings is 1. The normalized spacial score (nSPS) is 15.2. The zero-order valence-electron chi connectivity index (χ0n) is 16.6. The van der Waals surface area contributed by atoms with Crippen LogP contribution in [0.5, 0.6) is 0 Å². The van der Waals surface area contributed by atoms with Crippen molar-refractivity contribution in [3.8, 4) is 11.5 Å². The van der Waals surface area contributed by atoms with Gasteiger partial charge < -0.3 is 14.5 Å². The number of hydrogen-bond acceptors (Lipinski definition) is 7. The van der Waals surface area contributed by atoms with Crippen LogP contribution in [0.4, 0.5) is 5.88 Å². The van der Waals surface area contributed by atoms with Crippen molar-refractivity contribution in [2.45, 2.75) is 9.92 Å². The predicted octanol–water partition coefficient (Wildman–Crippen LogP) is 4.33. The van der Waals surface area contributed by atoms with E-state index >= 15 is 0 Å². The zero-order valence-corrected chi connectivity index (χ0v) is 19.7. The molecule has 164 valence electrons. The largest absolute Gasteiger partial charge is 0.419 e. The fraction of sp³-hybridized carbons (Fsp3) is 0.286. The number of nitrogens with one attached hydrogen (secondary N) is 1. The molecule has 1 fully saturated rings. The predicted molar refractivity (Wildman–Crippen MR) is 122 cm³/mol. The van der Waals surface area contributed by atoms with Gasteiger partial charge in [0.15, 0.2) is 0 Å². The van der Waals surface area contributed by atoms with Crippen LogP contribution in [0.1, 0.15) is 0 Å². The lowest BCUT2D eigenvalue weighted by atomic mass is 10.2. The van der Waals surface area contributed by atoms with E-state index < -0.39 is 9.84 Å². The molecule has 1 aromatic heterocycles. The summed E-state index contributed by atoms with van der Waals surface area (Å²) < 4.78 is 38.6. The van der Waals surface area contributed by atoms with Crippen LogP contribution in [0.2, 0.25) is 5.02 Å². The number of nitrogens with zero attached hydrogens (tertiary/aromatic N) is 2. The maximum atomic E-state index is 13.3. The van der Waals surface area contributed by atoms with E-state index in [-0.39, 0.29) is 21.7 Å². The topological polar surface area (TPSA) is 84.7 Å². The third-order valence-electron chi connectivity index (χ3n) is 4.88. The first kappa shape index (κ1) is 22.3. The summed E-state index contributed by atoms with van der Waals surface area (Å²) in [4.78, 5) is 6.73. The van der Waals surface area contributed by atoms with Gasteiger partial charge in [0.1, 0.15) is 0 Å². The molecule has 0 spiro atoms. The lowest BCUT2D eigenvalue weighted by molar-refractivity contribution is 0.0398. The summed E-state index contributed by atoms with van der Waals surface area (Å²) in [6.07, 6.45) is 0. The monoisotopic (exact) mass is 525 g/mol. The van der Waals surface area contributed by atoms with Crippen molar-refractivity contribution in [1.82, 2.24) is 9.88 Å². The van der Waals surface area contributed by atoms with Gasteiger partial charge in [0, 0.05) is 41.2 Å². The fourth-order valence-electron chi connectivity index (χ4n) is 3.19. The minimum Gasteiger partial charge on any atom is -0.419 e. The second-order valence-corrected chi connectivity index (χ2v) is 10.2. The molecule has 0 unspecified atom stereocenters. The molecule has 0 bridgehead atoms. The minimum absolute atomic E-state index is 0.126. The number of anilines is 1. The number of hydrogen-bond donors (Lipinski definition) is 1. The van der Waals surface area contributed by atoms with Crippen LogP contribution in [-0.4, -0.2) is 57.7 Å². The van der Waals surface area contributed by atoms with Gasteiger partial charge in [-0.25, -0.2) is 8.42 Å². The molecule has 7 nitrogen and oxygen atoms in total. The van der Waals surface area contributed by atoms with Crippen LogP contribution in [0, 0.1) is 0 Å². The number of sulfone groups is 1. The highest BCUT2D eigenvalue weighted by Gasteiger charge is 2.28. The van der Waals surface area contributed by atoms with Crippen molar-refractivity contribution in [3.05, 3.63) is 58.0 Å². The third kappa shape index (κ3) is 5.30. The molecule has 1 saturated heterocycles. The first-order valence-corrected chi connectivity index (χ1v) is 12.4. The van der Waals surface area contributed by atoms with Crippen molar-refractivity contribution in [2.24, 2.45) is 0 Å². The molecule has 31 heavy (non-hydrogen) atoms. The van der Waals surface area contributed by atoms with E-state index in [9.17, 15) is 8.42 Å². The summed E-state index contributed by atoms with van der Waals surface area (Å²) in [7, 11) is -3.88. The maximum Gasteiger partial charge on any atom is 0.233 e. The molecule has 0 amide bonds. The molecule has 3 aromatic rings. The smallest absolute Gasteiger partial charge is 0.233 e. The minimum atomic E-state index is -3.88. The Bertz CT molecular complexity index is 1130. The Hall–Kier alpha value is -1.91. The Kier molecular flexibility index (Phi) is 6.98. The number of rotatable bonds is 7. The molecule has 2 heterocycles. The summed E-state index contributed by atoms with van der Waals surface area (Å²) in [5.74, 6) is 0.336. The van der Waals surface area contributed by atoms with Crippen LogP contribution in [-0.2, 0) is 14.6 Å². The highest BCUT2D eigenvalue weighted by molar-refractivity contribution is 9.10. The second kappa shape index (κ2) is 9.70. The third-order valence-corrected chi connectivity index (χ3v) is 7.34. The molecular formula is C21H21BrClN3O4S. The average Bonchev–Trinajstić information content (AvgIpc) is 3.20. The molecule has 0 saturated carbocycles. The number of ether oxygens (including phenoxy) is 1. The van der Waals surface area contributed by atoms with E-state index in [1.54, 1.807) is 36.4 Å². The van der Waals surface area contributed by atoms with E-state index in [0.717, 1.165) is 24.1 Å². The van der Waals surface area contributed by atoms with Gasteiger partial charge in [-0.2, -0.15) is 4.98 Å². The molecule has 2 aromatic carbocycles. The zero-order chi connectivity index (χ0) is 21.8. The van der Waals surface area contributed by atoms with Gasteiger partial charge >= 0.3 is 0 Å². The Balaban J connectivity index is 1.64. The summed E-state index contributed by atoms with van der Waals surface area (Å²) in [6.45, 7) is 4.34. The van der Waals surface area contributed by atoms with E-state index in [1.165, 1.54) is 12.1 Å². The van der Waals surface area contributed by atoms with Crippen molar-refractivity contribution >= 4 is 43.3 Å². The SMILES string of the molecule is O=S(=O)(c1ccc(Br)cc1)c1nc(-c2ccc(Cl)cc2)oc1NCCN1CCOCC1. The molecule has 1 N–H and O–H groups in total. The van der Waals surface area contributed by atoms with Crippen molar-refractivity contribution in [3.63, 3.8) is 0 Å².